The number of aryl methyl sites for hydroxylation is 1. The molecule has 0 spiro atoms. The molecule has 130 valence electrons. The summed E-state index contributed by atoms with van der Waals surface area (Å²) in [5.41, 5.74) is 1.21. The average Bonchev–Trinajstić information content (AvgIpc) is 2.99. The molecule has 2 rings (SSSR count). The third-order valence-electron chi connectivity index (χ3n) is 3.70. The average molecular weight is 367 g/mol. The van der Waals surface area contributed by atoms with Crippen molar-refractivity contribution in [2.24, 2.45) is 0 Å². The summed E-state index contributed by atoms with van der Waals surface area (Å²) in [5.74, 6) is -0.238. The van der Waals surface area contributed by atoms with Crippen LogP contribution < -0.4 is 0 Å². The van der Waals surface area contributed by atoms with E-state index < -0.39 is 10.0 Å². The van der Waals surface area contributed by atoms with E-state index in [4.69, 9.17) is 0 Å². The Morgan fingerprint density at radius 2 is 1.92 bits per heavy atom. The zero-order valence-corrected chi connectivity index (χ0v) is 16.0. The Labute approximate surface area is 146 Å². The first-order chi connectivity index (χ1) is 11.1. The summed E-state index contributed by atoms with van der Waals surface area (Å²) in [6, 6.07) is 5.71. The zero-order chi connectivity index (χ0) is 18.1. The highest BCUT2D eigenvalue weighted by atomic mass is 32.2. The third-order valence-corrected chi connectivity index (χ3v) is 6.76. The summed E-state index contributed by atoms with van der Waals surface area (Å²) >= 11 is 1.43. The molecule has 0 fully saturated rings. The van der Waals surface area contributed by atoms with E-state index in [-0.39, 0.29) is 16.8 Å². The van der Waals surface area contributed by atoms with E-state index >= 15 is 0 Å². The molecule has 1 aromatic heterocycles. The summed E-state index contributed by atoms with van der Waals surface area (Å²) in [6.07, 6.45) is 0. The molecule has 24 heavy (non-hydrogen) atoms. The maximum atomic E-state index is 12.9. The van der Waals surface area contributed by atoms with Gasteiger partial charge < -0.3 is 4.90 Å². The summed E-state index contributed by atoms with van der Waals surface area (Å²) < 4.78 is 27.0. The third kappa shape index (κ3) is 3.66. The lowest BCUT2D eigenvalue weighted by molar-refractivity contribution is 0.0827. The standard InChI is InChI=1S/C16H21N3O3S2/c1-11-10-23-15(17-11)12(2)19(5)24(21,22)14-8-6-7-13(9-14)16(20)18(3)4/h6-10,12H,1-5H3/t12-/m0/s1. The lowest BCUT2D eigenvalue weighted by Crippen LogP contribution is -2.30. The van der Waals surface area contributed by atoms with Crippen LogP contribution in [0.4, 0.5) is 0 Å². The number of sulfonamides is 1. The number of benzene rings is 1. The molecule has 6 nitrogen and oxygen atoms in total. The van der Waals surface area contributed by atoms with Crippen molar-refractivity contribution in [2.45, 2.75) is 24.8 Å². The Bertz CT molecular complexity index is 844. The van der Waals surface area contributed by atoms with Gasteiger partial charge in [-0.3, -0.25) is 4.79 Å². The molecule has 0 saturated heterocycles. The molecule has 0 aliphatic heterocycles. The van der Waals surface area contributed by atoms with E-state index in [0.29, 0.717) is 5.56 Å². The molecule has 0 aliphatic rings. The molecule has 0 aliphatic carbocycles. The number of hydrogen-bond donors (Lipinski definition) is 0. The summed E-state index contributed by atoms with van der Waals surface area (Å²) in [7, 11) is 1.05. The number of aromatic nitrogens is 1. The Morgan fingerprint density at radius 1 is 1.25 bits per heavy atom. The van der Waals surface area contributed by atoms with Crippen LogP contribution in [0.1, 0.15) is 34.0 Å². The first kappa shape index (κ1) is 18.6. The lowest BCUT2D eigenvalue weighted by Gasteiger charge is -2.23. The number of rotatable bonds is 5. The van der Waals surface area contributed by atoms with E-state index in [1.54, 1.807) is 33.2 Å². The molecule has 0 saturated carbocycles. The summed E-state index contributed by atoms with van der Waals surface area (Å²) in [6.45, 7) is 3.67. The maximum absolute atomic E-state index is 12.9. The highest BCUT2D eigenvalue weighted by molar-refractivity contribution is 7.89. The first-order valence-electron chi connectivity index (χ1n) is 7.36. The molecule has 8 heteroatoms. The van der Waals surface area contributed by atoms with Crippen molar-refractivity contribution in [3.63, 3.8) is 0 Å². The second kappa shape index (κ2) is 7.00. The predicted octanol–water partition coefficient (Wildman–Crippen LogP) is 2.54. The van der Waals surface area contributed by atoms with Crippen molar-refractivity contribution in [1.82, 2.24) is 14.2 Å². The largest absolute Gasteiger partial charge is 0.345 e. The van der Waals surface area contributed by atoms with Crippen molar-refractivity contribution in [3.8, 4) is 0 Å². The van der Waals surface area contributed by atoms with E-state index in [2.05, 4.69) is 4.98 Å². The van der Waals surface area contributed by atoms with Gasteiger partial charge in [0.15, 0.2) is 0 Å². The molecule has 0 radical (unpaired) electrons. The van der Waals surface area contributed by atoms with Crippen LogP contribution in [0.3, 0.4) is 0 Å². The molecule has 1 aromatic carbocycles. The van der Waals surface area contributed by atoms with Crippen LogP contribution >= 0.6 is 11.3 Å². The van der Waals surface area contributed by atoms with E-state index in [1.807, 2.05) is 12.3 Å². The minimum atomic E-state index is -3.73. The summed E-state index contributed by atoms with van der Waals surface area (Å²) in [5, 5.41) is 2.63. The van der Waals surface area contributed by atoms with Gasteiger partial charge in [0.1, 0.15) is 5.01 Å². The van der Waals surface area contributed by atoms with Crippen molar-refractivity contribution in [3.05, 3.63) is 45.9 Å². The van der Waals surface area contributed by atoms with Gasteiger partial charge in [0, 0.05) is 37.8 Å². The number of hydrogen-bond acceptors (Lipinski definition) is 5. The van der Waals surface area contributed by atoms with Crippen LogP contribution in [0.25, 0.3) is 0 Å². The van der Waals surface area contributed by atoms with Gasteiger partial charge >= 0.3 is 0 Å². The molecular formula is C16H21N3O3S2. The highest BCUT2D eigenvalue weighted by Crippen LogP contribution is 2.28. The fraction of sp³-hybridized carbons (Fsp3) is 0.375. The van der Waals surface area contributed by atoms with Gasteiger partial charge in [0.25, 0.3) is 5.91 Å². The SMILES string of the molecule is Cc1csc([C@H](C)N(C)S(=O)(=O)c2cccc(C(=O)N(C)C)c2)n1. The lowest BCUT2D eigenvalue weighted by atomic mass is 10.2. The van der Waals surface area contributed by atoms with Gasteiger partial charge in [-0.15, -0.1) is 11.3 Å². The normalized spacial score (nSPS) is 13.1. The summed E-state index contributed by atoms with van der Waals surface area (Å²) in [4.78, 5) is 17.9. The number of nitrogens with zero attached hydrogens (tertiary/aromatic N) is 3. The second-order valence-electron chi connectivity index (χ2n) is 5.75. The smallest absolute Gasteiger partial charge is 0.253 e. The number of carbonyl (C=O) groups is 1. The van der Waals surface area contributed by atoms with Crippen LogP contribution in [-0.2, 0) is 10.0 Å². The molecular weight excluding hydrogens is 346 g/mol. The van der Waals surface area contributed by atoms with Crippen LogP contribution in [-0.4, -0.2) is 49.7 Å². The quantitative estimate of drug-likeness (QED) is 0.814. The molecule has 2 aromatic rings. The van der Waals surface area contributed by atoms with Gasteiger partial charge in [-0.1, -0.05) is 6.07 Å². The zero-order valence-electron chi connectivity index (χ0n) is 14.3. The van der Waals surface area contributed by atoms with Crippen LogP contribution in [0, 0.1) is 6.92 Å². The molecule has 0 N–H and O–H groups in total. The van der Waals surface area contributed by atoms with Crippen LogP contribution in [0.2, 0.25) is 0 Å². The second-order valence-corrected chi connectivity index (χ2v) is 8.64. The van der Waals surface area contributed by atoms with Gasteiger partial charge in [-0.25, -0.2) is 13.4 Å². The Hall–Kier alpha value is -1.77. The van der Waals surface area contributed by atoms with Gasteiger partial charge in [0.05, 0.1) is 10.9 Å². The van der Waals surface area contributed by atoms with Crippen LogP contribution in [0.15, 0.2) is 34.5 Å². The molecule has 0 bridgehead atoms. The monoisotopic (exact) mass is 367 g/mol. The van der Waals surface area contributed by atoms with Crippen LogP contribution in [0.5, 0.6) is 0 Å². The van der Waals surface area contributed by atoms with E-state index in [9.17, 15) is 13.2 Å². The number of carbonyl (C=O) groups excluding carboxylic acids is 1. The van der Waals surface area contributed by atoms with Gasteiger partial charge in [-0.2, -0.15) is 4.31 Å². The minimum absolute atomic E-state index is 0.0952. The van der Waals surface area contributed by atoms with Crippen molar-refractivity contribution in [2.75, 3.05) is 21.1 Å². The number of amides is 1. The van der Waals surface area contributed by atoms with E-state index in [0.717, 1.165) is 10.7 Å². The van der Waals surface area contributed by atoms with Crippen molar-refractivity contribution >= 4 is 27.3 Å². The fourth-order valence-corrected chi connectivity index (χ4v) is 4.48. The van der Waals surface area contributed by atoms with E-state index in [1.165, 1.54) is 39.7 Å². The van der Waals surface area contributed by atoms with Crippen molar-refractivity contribution < 1.29 is 13.2 Å². The van der Waals surface area contributed by atoms with Crippen molar-refractivity contribution in [1.29, 1.82) is 0 Å². The topological polar surface area (TPSA) is 70.6 Å². The predicted molar refractivity (Wildman–Crippen MR) is 94.7 cm³/mol. The molecule has 0 unspecified atom stereocenters. The Kier molecular flexibility index (Phi) is 5.42. The van der Waals surface area contributed by atoms with Gasteiger partial charge in [0.2, 0.25) is 10.0 Å². The molecule has 1 heterocycles. The maximum Gasteiger partial charge on any atom is 0.253 e. The Morgan fingerprint density at radius 3 is 2.46 bits per heavy atom. The highest BCUT2D eigenvalue weighted by Gasteiger charge is 2.28. The Balaban J connectivity index is 2.36. The van der Waals surface area contributed by atoms with Gasteiger partial charge in [-0.05, 0) is 32.0 Å². The molecule has 1 atom stereocenters. The fourth-order valence-electron chi connectivity index (χ4n) is 2.14. The number of thiazole rings is 1. The minimum Gasteiger partial charge on any atom is -0.345 e. The first-order valence-corrected chi connectivity index (χ1v) is 9.68. The molecule has 1 amide bonds.